The molecule has 0 bridgehead atoms. The van der Waals surface area contributed by atoms with Crippen molar-refractivity contribution in [3.05, 3.63) is 59.5 Å². The van der Waals surface area contributed by atoms with Gasteiger partial charge in [-0.3, -0.25) is 9.59 Å². The number of furan rings is 1. The molecule has 1 unspecified atom stereocenters. The third-order valence-corrected chi connectivity index (χ3v) is 4.06. The smallest absolute Gasteiger partial charge is 0.295 e. The molecule has 0 radical (unpaired) electrons. The number of carbonyl (C=O) groups is 2. The minimum absolute atomic E-state index is 0.0101. The molecule has 1 atom stereocenters. The molecule has 0 saturated carbocycles. The van der Waals surface area contributed by atoms with Crippen LogP contribution in [0.3, 0.4) is 0 Å². The molecule has 0 fully saturated rings. The summed E-state index contributed by atoms with van der Waals surface area (Å²) in [4.78, 5) is 26.2. The molecule has 1 aromatic heterocycles. The van der Waals surface area contributed by atoms with E-state index in [9.17, 15) is 9.59 Å². The maximum atomic E-state index is 12.4. The highest BCUT2D eigenvalue weighted by molar-refractivity contribution is 6.42. The molecule has 0 aliphatic carbocycles. The van der Waals surface area contributed by atoms with Crippen LogP contribution in [0, 0.1) is 0 Å². The van der Waals surface area contributed by atoms with E-state index >= 15 is 0 Å². The van der Waals surface area contributed by atoms with Crippen molar-refractivity contribution in [3.63, 3.8) is 0 Å². The number of ketones is 1. The summed E-state index contributed by atoms with van der Waals surface area (Å²) < 4.78 is 5.30. The summed E-state index contributed by atoms with van der Waals surface area (Å²) in [6.07, 6.45) is 1.55. The normalized spacial score (nSPS) is 12.7. The lowest BCUT2D eigenvalue weighted by Crippen LogP contribution is -2.35. The van der Waals surface area contributed by atoms with Crippen LogP contribution in [-0.2, 0) is 10.2 Å². The van der Waals surface area contributed by atoms with E-state index in [-0.39, 0.29) is 11.5 Å². The van der Waals surface area contributed by atoms with Crippen molar-refractivity contribution in [1.29, 1.82) is 0 Å². The first-order chi connectivity index (χ1) is 10.7. The second-order valence-corrected chi connectivity index (χ2v) is 6.76. The summed E-state index contributed by atoms with van der Waals surface area (Å²) >= 11 is 0. The Bertz CT molecular complexity index is 678. The summed E-state index contributed by atoms with van der Waals surface area (Å²) in [7, 11) is 1.61. The van der Waals surface area contributed by atoms with Crippen LogP contribution in [0.1, 0.15) is 55.4 Å². The van der Waals surface area contributed by atoms with E-state index in [4.69, 9.17) is 4.42 Å². The van der Waals surface area contributed by atoms with Crippen LogP contribution in [0.2, 0.25) is 0 Å². The molecule has 0 aliphatic rings. The summed E-state index contributed by atoms with van der Waals surface area (Å²) in [5.41, 5.74) is 1.54. The van der Waals surface area contributed by atoms with Gasteiger partial charge >= 0.3 is 0 Å². The molecule has 122 valence electrons. The Morgan fingerprint density at radius 1 is 1.09 bits per heavy atom. The number of amides is 1. The van der Waals surface area contributed by atoms with Gasteiger partial charge in [0.25, 0.3) is 5.91 Å². The molecule has 0 N–H and O–H groups in total. The van der Waals surface area contributed by atoms with Crippen molar-refractivity contribution < 1.29 is 14.0 Å². The summed E-state index contributed by atoms with van der Waals surface area (Å²) in [6, 6.07) is 10.5. The van der Waals surface area contributed by atoms with E-state index < -0.39 is 11.7 Å². The van der Waals surface area contributed by atoms with Gasteiger partial charge in [0.1, 0.15) is 5.76 Å². The van der Waals surface area contributed by atoms with Gasteiger partial charge in [-0.1, -0.05) is 45.0 Å². The van der Waals surface area contributed by atoms with E-state index in [0.29, 0.717) is 11.3 Å². The molecule has 0 saturated heterocycles. The number of benzene rings is 1. The zero-order valence-corrected chi connectivity index (χ0v) is 14.3. The Hall–Kier alpha value is -2.36. The lowest BCUT2D eigenvalue weighted by atomic mass is 9.86. The molecule has 0 spiro atoms. The van der Waals surface area contributed by atoms with Crippen molar-refractivity contribution in [2.75, 3.05) is 7.05 Å². The highest BCUT2D eigenvalue weighted by atomic mass is 16.3. The molecule has 1 amide bonds. The fraction of sp³-hybridized carbons (Fsp3) is 0.368. The predicted octanol–water partition coefficient (Wildman–Crippen LogP) is 3.98. The highest BCUT2D eigenvalue weighted by Gasteiger charge is 2.26. The molecular formula is C19H23NO3. The fourth-order valence-corrected chi connectivity index (χ4v) is 2.30. The first-order valence-corrected chi connectivity index (χ1v) is 7.67. The average Bonchev–Trinajstić information content (AvgIpc) is 3.05. The van der Waals surface area contributed by atoms with Gasteiger partial charge in [-0.05, 0) is 30.0 Å². The standard InChI is InChI=1S/C19H23NO3/c1-13(16-7-6-12-23-16)20(5)18(22)17(21)14-8-10-15(11-9-14)19(2,3)4/h6-13H,1-5H3. The van der Waals surface area contributed by atoms with Crippen LogP contribution in [0.25, 0.3) is 0 Å². The van der Waals surface area contributed by atoms with Crippen LogP contribution in [-0.4, -0.2) is 23.6 Å². The minimum Gasteiger partial charge on any atom is -0.467 e. The number of nitrogens with zero attached hydrogens (tertiary/aromatic N) is 1. The number of hydrogen-bond donors (Lipinski definition) is 0. The van der Waals surface area contributed by atoms with E-state index in [2.05, 4.69) is 20.8 Å². The predicted molar refractivity (Wildman–Crippen MR) is 89.4 cm³/mol. The number of carbonyl (C=O) groups excluding carboxylic acids is 2. The van der Waals surface area contributed by atoms with Gasteiger partial charge < -0.3 is 9.32 Å². The topological polar surface area (TPSA) is 50.5 Å². The summed E-state index contributed by atoms with van der Waals surface area (Å²) in [6.45, 7) is 8.14. The van der Waals surface area contributed by atoms with Crippen LogP contribution >= 0.6 is 0 Å². The Morgan fingerprint density at radius 3 is 2.17 bits per heavy atom. The largest absolute Gasteiger partial charge is 0.467 e. The number of rotatable bonds is 4. The maximum Gasteiger partial charge on any atom is 0.295 e. The van der Waals surface area contributed by atoms with Gasteiger partial charge in [0.15, 0.2) is 0 Å². The molecule has 1 aromatic carbocycles. The van der Waals surface area contributed by atoms with Crippen molar-refractivity contribution in [1.82, 2.24) is 4.90 Å². The SMILES string of the molecule is CC(c1ccco1)N(C)C(=O)C(=O)c1ccc(C(C)(C)C)cc1. The first kappa shape index (κ1) is 17.0. The Morgan fingerprint density at radius 2 is 1.70 bits per heavy atom. The first-order valence-electron chi connectivity index (χ1n) is 7.67. The van der Waals surface area contributed by atoms with E-state index in [1.165, 1.54) is 4.90 Å². The molecule has 1 heterocycles. The molecule has 2 rings (SSSR count). The van der Waals surface area contributed by atoms with Gasteiger partial charge in [-0.15, -0.1) is 0 Å². The zero-order chi connectivity index (χ0) is 17.2. The van der Waals surface area contributed by atoms with Gasteiger partial charge in [0, 0.05) is 12.6 Å². The van der Waals surface area contributed by atoms with E-state index in [0.717, 1.165) is 5.56 Å². The highest BCUT2D eigenvalue weighted by Crippen LogP contribution is 2.23. The summed E-state index contributed by atoms with van der Waals surface area (Å²) in [5.74, 6) is -0.402. The molecule has 4 heteroatoms. The third-order valence-electron chi connectivity index (χ3n) is 4.06. The Labute approximate surface area is 137 Å². The molecule has 23 heavy (non-hydrogen) atoms. The van der Waals surface area contributed by atoms with Gasteiger partial charge in [0.2, 0.25) is 5.78 Å². The fourth-order valence-electron chi connectivity index (χ4n) is 2.30. The molecule has 0 aliphatic heterocycles. The van der Waals surface area contributed by atoms with Crippen molar-refractivity contribution >= 4 is 11.7 Å². The molecular weight excluding hydrogens is 290 g/mol. The monoisotopic (exact) mass is 313 g/mol. The minimum atomic E-state index is -0.544. The molecule has 2 aromatic rings. The van der Waals surface area contributed by atoms with Gasteiger partial charge in [-0.2, -0.15) is 0 Å². The number of hydrogen-bond acceptors (Lipinski definition) is 3. The average molecular weight is 313 g/mol. The van der Waals surface area contributed by atoms with Crippen molar-refractivity contribution in [3.8, 4) is 0 Å². The maximum absolute atomic E-state index is 12.4. The second kappa shape index (κ2) is 6.41. The van der Waals surface area contributed by atoms with E-state index in [1.807, 2.05) is 19.1 Å². The van der Waals surface area contributed by atoms with E-state index in [1.54, 1.807) is 37.6 Å². The molecule has 4 nitrogen and oxygen atoms in total. The van der Waals surface area contributed by atoms with Gasteiger partial charge in [0.05, 0.1) is 12.3 Å². The zero-order valence-electron chi connectivity index (χ0n) is 14.3. The quantitative estimate of drug-likeness (QED) is 0.633. The number of likely N-dealkylation sites (N-methyl/N-ethyl adjacent to an activating group) is 1. The number of Topliss-reactive ketones (excluding diaryl/α,β-unsaturated/α-hetero) is 1. The van der Waals surface area contributed by atoms with Gasteiger partial charge in [-0.25, -0.2) is 0 Å². The van der Waals surface area contributed by atoms with Crippen molar-refractivity contribution in [2.45, 2.75) is 39.2 Å². The van der Waals surface area contributed by atoms with Crippen LogP contribution in [0.4, 0.5) is 0 Å². The van der Waals surface area contributed by atoms with Crippen LogP contribution in [0.5, 0.6) is 0 Å². The lowest BCUT2D eigenvalue weighted by molar-refractivity contribution is -0.127. The Balaban J connectivity index is 2.14. The summed E-state index contributed by atoms with van der Waals surface area (Å²) in [5, 5.41) is 0. The van der Waals surface area contributed by atoms with Crippen LogP contribution < -0.4 is 0 Å². The second-order valence-electron chi connectivity index (χ2n) is 6.76. The Kier molecular flexibility index (Phi) is 4.73. The van der Waals surface area contributed by atoms with Crippen molar-refractivity contribution in [2.24, 2.45) is 0 Å². The third kappa shape index (κ3) is 3.70. The van der Waals surface area contributed by atoms with Crippen LogP contribution in [0.15, 0.2) is 47.1 Å². The lowest BCUT2D eigenvalue weighted by Gasteiger charge is -2.23.